The van der Waals surface area contributed by atoms with Gasteiger partial charge in [-0.2, -0.15) is 0 Å². The highest BCUT2D eigenvalue weighted by atomic mass is 32.1. The van der Waals surface area contributed by atoms with Crippen molar-refractivity contribution in [3.63, 3.8) is 0 Å². The summed E-state index contributed by atoms with van der Waals surface area (Å²) >= 11 is 1.50. The van der Waals surface area contributed by atoms with Gasteiger partial charge in [0.2, 0.25) is 0 Å². The normalized spacial score (nSPS) is 23.3. The Kier molecular flexibility index (Phi) is 4.67. The molecule has 2 aromatic heterocycles. The third kappa shape index (κ3) is 3.58. The van der Waals surface area contributed by atoms with Crippen LogP contribution in [0, 0.1) is 6.92 Å². The summed E-state index contributed by atoms with van der Waals surface area (Å²) < 4.78 is 0. The molecular weight excluding hydrogens is 384 g/mol. The smallest absolute Gasteiger partial charge is 0.151 e. The fourth-order valence-electron chi connectivity index (χ4n) is 4.48. The quantitative estimate of drug-likeness (QED) is 0.684. The maximum absolute atomic E-state index is 10.5. The van der Waals surface area contributed by atoms with Gasteiger partial charge in [0.25, 0.3) is 0 Å². The monoisotopic (exact) mass is 408 g/mol. The molecule has 2 saturated heterocycles. The third-order valence-corrected chi connectivity index (χ3v) is 6.94. The van der Waals surface area contributed by atoms with Gasteiger partial charge in [-0.3, -0.25) is 0 Å². The molecule has 150 valence electrons. The third-order valence-electron chi connectivity index (χ3n) is 6.05. The Hall–Kier alpha value is -2.58. The first-order valence-corrected chi connectivity index (χ1v) is 10.8. The molecule has 7 nitrogen and oxygen atoms in total. The molecule has 5 rings (SSSR count). The van der Waals surface area contributed by atoms with Crippen molar-refractivity contribution in [1.29, 1.82) is 0 Å². The van der Waals surface area contributed by atoms with Crippen LogP contribution in [0.25, 0.3) is 21.8 Å². The Balaban J connectivity index is 1.34. The predicted molar refractivity (Wildman–Crippen MR) is 114 cm³/mol. The van der Waals surface area contributed by atoms with Crippen LogP contribution in [0.4, 0.5) is 5.82 Å². The molecule has 2 fully saturated rings. The second-order valence-corrected chi connectivity index (χ2v) is 9.19. The minimum atomic E-state index is 0.167. The van der Waals surface area contributed by atoms with E-state index in [4.69, 9.17) is 0 Å². The van der Waals surface area contributed by atoms with E-state index in [2.05, 4.69) is 37.7 Å². The van der Waals surface area contributed by atoms with Crippen LogP contribution in [-0.4, -0.2) is 50.7 Å². The lowest BCUT2D eigenvalue weighted by Crippen LogP contribution is -2.47. The Labute approximate surface area is 173 Å². The lowest BCUT2D eigenvalue weighted by molar-refractivity contribution is 0.353. The number of aryl methyl sites for hydroxylation is 1. The lowest BCUT2D eigenvalue weighted by Gasteiger charge is -2.36. The number of aromatic nitrogens is 4. The average Bonchev–Trinajstić information content (AvgIpc) is 3.32. The Bertz CT molecular complexity index is 1010. The molecule has 0 spiro atoms. The summed E-state index contributed by atoms with van der Waals surface area (Å²) in [5.41, 5.74) is 2.17. The van der Waals surface area contributed by atoms with Crippen molar-refractivity contribution in [1.82, 2.24) is 25.7 Å². The maximum atomic E-state index is 10.5. The zero-order chi connectivity index (χ0) is 20.0. The summed E-state index contributed by atoms with van der Waals surface area (Å²) in [4.78, 5) is 2.25. The predicted octanol–water partition coefficient (Wildman–Crippen LogP) is 3.40. The molecule has 2 aliphatic rings. The van der Waals surface area contributed by atoms with E-state index in [1.165, 1.54) is 24.2 Å². The van der Waals surface area contributed by atoms with Gasteiger partial charge in [-0.15, -0.1) is 20.4 Å². The fourth-order valence-corrected chi connectivity index (χ4v) is 5.17. The van der Waals surface area contributed by atoms with Crippen molar-refractivity contribution >= 4 is 17.2 Å². The molecule has 29 heavy (non-hydrogen) atoms. The lowest BCUT2D eigenvalue weighted by atomic mass is 9.98. The Morgan fingerprint density at radius 1 is 1.03 bits per heavy atom. The summed E-state index contributed by atoms with van der Waals surface area (Å²) in [5, 5.41) is 32.9. The van der Waals surface area contributed by atoms with Crippen molar-refractivity contribution < 1.29 is 5.11 Å². The number of phenolic OH excluding ortho intramolecular Hbond substituents is 1. The van der Waals surface area contributed by atoms with Crippen LogP contribution in [0.2, 0.25) is 0 Å². The summed E-state index contributed by atoms with van der Waals surface area (Å²) in [7, 11) is 2.11. The molecule has 0 unspecified atom stereocenters. The van der Waals surface area contributed by atoms with Gasteiger partial charge in [-0.1, -0.05) is 17.4 Å². The average molecular weight is 409 g/mol. The first-order chi connectivity index (χ1) is 14.1. The van der Waals surface area contributed by atoms with Gasteiger partial charge in [0.1, 0.15) is 15.8 Å². The number of hydrogen-bond donors (Lipinski definition) is 2. The number of hydrogen-bond acceptors (Lipinski definition) is 8. The van der Waals surface area contributed by atoms with Crippen molar-refractivity contribution in [2.45, 2.75) is 50.7 Å². The van der Waals surface area contributed by atoms with Crippen LogP contribution in [0.3, 0.4) is 0 Å². The Morgan fingerprint density at radius 2 is 1.83 bits per heavy atom. The van der Waals surface area contributed by atoms with E-state index in [-0.39, 0.29) is 5.75 Å². The topological polar surface area (TPSA) is 87.1 Å². The fraction of sp³-hybridized carbons (Fsp3) is 0.429. The van der Waals surface area contributed by atoms with Crippen LogP contribution < -0.4 is 10.2 Å². The number of phenols is 1. The number of aromatic hydroxyl groups is 1. The number of nitrogens with zero attached hydrogens (tertiary/aromatic N) is 5. The number of rotatable bonds is 4. The van der Waals surface area contributed by atoms with Gasteiger partial charge in [0, 0.05) is 36.3 Å². The molecule has 2 aliphatic heterocycles. The molecule has 3 atom stereocenters. The number of benzene rings is 1. The molecule has 2 bridgehead atoms. The van der Waals surface area contributed by atoms with Crippen molar-refractivity contribution in [3.05, 3.63) is 35.3 Å². The molecule has 0 aliphatic carbocycles. The van der Waals surface area contributed by atoms with E-state index in [1.54, 1.807) is 6.07 Å². The van der Waals surface area contributed by atoms with Crippen LogP contribution in [0.15, 0.2) is 30.3 Å². The second kappa shape index (κ2) is 7.35. The van der Waals surface area contributed by atoms with Crippen molar-refractivity contribution in [2.24, 2.45) is 0 Å². The highest BCUT2D eigenvalue weighted by molar-refractivity contribution is 7.14. The number of fused-ring (bicyclic) bond motifs is 2. The van der Waals surface area contributed by atoms with Crippen LogP contribution >= 0.6 is 11.3 Å². The number of anilines is 1. The first-order valence-electron chi connectivity index (χ1n) is 10.0. The van der Waals surface area contributed by atoms with E-state index in [0.29, 0.717) is 29.4 Å². The number of nitrogens with one attached hydrogen (secondary N) is 1. The zero-order valence-corrected chi connectivity index (χ0v) is 17.4. The summed E-state index contributed by atoms with van der Waals surface area (Å²) in [6.07, 6.45) is 4.88. The van der Waals surface area contributed by atoms with Gasteiger partial charge in [0.05, 0.1) is 5.69 Å². The van der Waals surface area contributed by atoms with Crippen molar-refractivity contribution in [2.75, 3.05) is 11.9 Å². The Morgan fingerprint density at radius 3 is 2.45 bits per heavy atom. The highest BCUT2D eigenvalue weighted by Crippen LogP contribution is 2.34. The number of piperidine rings is 1. The molecule has 3 aromatic rings. The molecule has 0 radical (unpaired) electrons. The zero-order valence-electron chi connectivity index (χ0n) is 16.5. The molecule has 0 saturated carbocycles. The van der Waals surface area contributed by atoms with Gasteiger partial charge < -0.3 is 15.3 Å². The van der Waals surface area contributed by atoms with E-state index < -0.39 is 0 Å². The molecule has 8 heteroatoms. The first kappa shape index (κ1) is 18.4. The van der Waals surface area contributed by atoms with E-state index in [9.17, 15) is 5.11 Å². The van der Waals surface area contributed by atoms with Crippen LogP contribution in [0.1, 0.15) is 30.7 Å². The van der Waals surface area contributed by atoms with E-state index in [1.807, 2.05) is 31.2 Å². The standard InChI is InChI=1S/C21H24N6OS/c1-12-23-26-21(29-12)13-3-6-17(19(28)9-13)18-7-8-20(25-24-18)27(2)16-10-14-4-5-15(11-16)22-14/h3,6-9,14-16,22,28H,4-5,10-11H2,1-2H3/t14-,15+,16-. The molecule has 4 heterocycles. The van der Waals surface area contributed by atoms with Crippen LogP contribution in [-0.2, 0) is 0 Å². The van der Waals surface area contributed by atoms with Gasteiger partial charge >= 0.3 is 0 Å². The minimum absolute atomic E-state index is 0.167. The van der Waals surface area contributed by atoms with Gasteiger partial charge in [0.15, 0.2) is 5.82 Å². The summed E-state index contributed by atoms with van der Waals surface area (Å²) in [6, 6.07) is 11.2. The largest absolute Gasteiger partial charge is 0.507 e. The highest BCUT2D eigenvalue weighted by Gasteiger charge is 2.35. The maximum Gasteiger partial charge on any atom is 0.151 e. The summed E-state index contributed by atoms with van der Waals surface area (Å²) in [5.74, 6) is 1.04. The van der Waals surface area contributed by atoms with Crippen molar-refractivity contribution in [3.8, 4) is 27.6 Å². The molecule has 0 amide bonds. The van der Waals surface area contributed by atoms with Crippen LogP contribution in [0.5, 0.6) is 5.75 Å². The molecular formula is C21H24N6OS. The van der Waals surface area contributed by atoms with Gasteiger partial charge in [-0.05, 0) is 56.9 Å². The van der Waals surface area contributed by atoms with E-state index >= 15 is 0 Å². The molecule has 1 aromatic carbocycles. The SMILES string of the molecule is Cc1nnc(-c2ccc(-c3ccc(N(C)[C@@H]4C[C@H]5CC[C@@H](C4)N5)nn3)c(O)c2)s1. The minimum Gasteiger partial charge on any atom is -0.507 e. The van der Waals surface area contributed by atoms with E-state index in [0.717, 1.165) is 34.2 Å². The van der Waals surface area contributed by atoms with Gasteiger partial charge in [-0.25, -0.2) is 0 Å². The molecule has 2 N–H and O–H groups in total. The summed E-state index contributed by atoms with van der Waals surface area (Å²) in [6.45, 7) is 1.91. The second-order valence-electron chi connectivity index (χ2n) is 8.01.